The van der Waals surface area contributed by atoms with Gasteiger partial charge in [-0.15, -0.1) is 0 Å². The average molecular weight is 351 g/mol. The van der Waals surface area contributed by atoms with Crippen molar-refractivity contribution in [2.24, 2.45) is 5.92 Å². The van der Waals surface area contributed by atoms with Gasteiger partial charge in [-0.1, -0.05) is 19.3 Å². The summed E-state index contributed by atoms with van der Waals surface area (Å²) in [5.74, 6) is 0.652. The molecule has 1 saturated carbocycles. The highest BCUT2D eigenvalue weighted by atomic mass is 16.5. The van der Waals surface area contributed by atoms with Gasteiger partial charge >= 0.3 is 0 Å². The van der Waals surface area contributed by atoms with Crippen LogP contribution >= 0.6 is 0 Å². The Kier molecular flexibility index (Phi) is 6.70. The molecule has 2 heterocycles. The van der Waals surface area contributed by atoms with E-state index in [4.69, 9.17) is 4.74 Å². The normalized spacial score (nSPS) is 24.3. The van der Waals surface area contributed by atoms with Gasteiger partial charge in [0.2, 0.25) is 11.8 Å². The van der Waals surface area contributed by atoms with E-state index < -0.39 is 0 Å². The summed E-state index contributed by atoms with van der Waals surface area (Å²) in [6.07, 6.45) is 7.85. The van der Waals surface area contributed by atoms with E-state index in [0.29, 0.717) is 25.8 Å². The van der Waals surface area contributed by atoms with Gasteiger partial charge in [0.1, 0.15) is 0 Å². The van der Waals surface area contributed by atoms with E-state index >= 15 is 0 Å². The van der Waals surface area contributed by atoms with Gasteiger partial charge in [-0.05, 0) is 38.8 Å². The minimum atomic E-state index is 0.125. The summed E-state index contributed by atoms with van der Waals surface area (Å²) in [6.45, 7) is 4.98. The number of ether oxygens (including phenoxy) is 1. The van der Waals surface area contributed by atoms with Gasteiger partial charge in [-0.2, -0.15) is 0 Å². The third-order valence-electron chi connectivity index (χ3n) is 6.13. The van der Waals surface area contributed by atoms with Crippen LogP contribution in [0, 0.1) is 5.92 Å². The van der Waals surface area contributed by atoms with Gasteiger partial charge in [-0.3, -0.25) is 14.5 Å². The van der Waals surface area contributed by atoms with Crippen molar-refractivity contribution in [2.75, 3.05) is 53.0 Å². The van der Waals surface area contributed by atoms with Crippen LogP contribution in [0.25, 0.3) is 0 Å². The summed E-state index contributed by atoms with van der Waals surface area (Å²) in [6, 6.07) is 0.432. The van der Waals surface area contributed by atoms with E-state index in [-0.39, 0.29) is 17.7 Å². The molecule has 6 nitrogen and oxygen atoms in total. The molecule has 25 heavy (non-hydrogen) atoms. The van der Waals surface area contributed by atoms with Crippen LogP contribution in [0.3, 0.4) is 0 Å². The van der Waals surface area contributed by atoms with E-state index in [2.05, 4.69) is 4.90 Å². The number of morpholine rings is 1. The van der Waals surface area contributed by atoms with Gasteiger partial charge in [0.15, 0.2) is 0 Å². The Balaban J connectivity index is 1.41. The number of nitrogens with zero attached hydrogens (tertiary/aromatic N) is 3. The van der Waals surface area contributed by atoms with Crippen LogP contribution < -0.4 is 0 Å². The summed E-state index contributed by atoms with van der Waals surface area (Å²) in [5, 5.41) is 0. The smallest absolute Gasteiger partial charge is 0.236 e. The molecule has 3 aliphatic rings. The quantitative estimate of drug-likeness (QED) is 0.767. The predicted octanol–water partition coefficient (Wildman–Crippen LogP) is 1.35. The summed E-state index contributed by atoms with van der Waals surface area (Å²) >= 11 is 0. The molecule has 3 rings (SSSR count). The number of amides is 2. The molecule has 2 saturated heterocycles. The maximum absolute atomic E-state index is 12.6. The highest BCUT2D eigenvalue weighted by Gasteiger charge is 2.31. The van der Waals surface area contributed by atoms with E-state index in [1.54, 1.807) is 0 Å². The zero-order chi connectivity index (χ0) is 17.6. The van der Waals surface area contributed by atoms with Crippen LogP contribution in [0.2, 0.25) is 0 Å². The number of hydrogen-bond acceptors (Lipinski definition) is 4. The second kappa shape index (κ2) is 8.99. The summed E-state index contributed by atoms with van der Waals surface area (Å²) in [7, 11) is 1.97. The third-order valence-corrected chi connectivity index (χ3v) is 6.13. The SMILES string of the molecule is CN(C(=O)CN1CCC(C(=O)N2CCOCC2)CC1)C1CCCCC1. The molecule has 2 aliphatic heterocycles. The van der Waals surface area contributed by atoms with E-state index in [0.717, 1.165) is 51.9 Å². The molecule has 142 valence electrons. The Labute approximate surface area is 151 Å². The topological polar surface area (TPSA) is 53.1 Å². The van der Waals surface area contributed by atoms with E-state index in [1.165, 1.54) is 19.3 Å². The minimum Gasteiger partial charge on any atom is -0.378 e. The summed E-state index contributed by atoms with van der Waals surface area (Å²) in [5.41, 5.74) is 0. The van der Waals surface area contributed by atoms with Crippen molar-refractivity contribution in [1.82, 2.24) is 14.7 Å². The van der Waals surface area contributed by atoms with Gasteiger partial charge in [0.05, 0.1) is 19.8 Å². The molecule has 6 heteroatoms. The fourth-order valence-electron chi connectivity index (χ4n) is 4.35. The lowest BCUT2D eigenvalue weighted by Crippen LogP contribution is -2.49. The number of piperidine rings is 1. The lowest BCUT2D eigenvalue weighted by atomic mass is 9.94. The molecule has 3 fully saturated rings. The van der Waals surface area contributed by atoms with Gasteiger partial charge in [0.25, 0.3) is 0 Å². The second-order valence-electron chi connectivity index (χ2n) is 7.78. The van der Waals surface area contributed by atoms with Crippen LogP contribution in [0.15, 0.2) is 0 Å². The monoisotopic (exact) mass is 351 g/mol. The zero-order valence-corrected chi connectivity index (χ0v) is 15.6. The Morgan fingerprint density at radius 3 is 2.24 bits per heavy atom. The molecule has 1 aliphatic carbocycles. The highest BCUT2D eigenvalue weighted by Crippen LogP contribution is 2.23. The molecule has 0 spiro atoms. The Hall–Kier alpha value is -1.14. The fourth-order valence-corrected chi connectivity index (χ4v) is 4.35. The number of hydrogen-bond donors (Lipinski definition) is 0. The van der Waals surface area contributed by atoms with Crippen LogP contribution in [0.4, 0.5) is 0 Å². The summed E-state index contributed by atoms with van der Waals surface area (Å²) < 4.78 is 5.33. The first kappa shape index (κ1) is 18.6. The molecular formula is C19H33N3O3. The largest absolute Gasteiger partial charge is 0.378 e. The maximum atomic E-state index is 12.6. The van der Waals surface area contributed by atoms with Crippen LogP contribution in [0.5, 0.6) is 0 Å². The Bertz CT molecular complexity index is 451. The molecule has 0 atom stereocenters. The van der Waals surface area contributed by atoms with Gasteiger partial charge in [-0.25, -0.2) is 0 Å². The van der Waals surface area contributed by atoms with Crippen LogP contribution in [-0.4, -0.2) is 85.5 Å². The first-order valence-corrected chi connectivity index (χ1v) is 9.99. The van der Waals surface area contributed by atoms with Crippen molar-refractivity contribution in [3.8, 4) is 0 Å². The number of rotatable bonds is 4. The Morgan fingerprint density at radius 1 is 0.960 bits per heavy atom. The molecule has 0 N–H and O–H groups in total. The minimum absolute atomic E-state index is 0.125. The first-order chi connectivity index (χ1) is 12.1. The molecule has 0 aromatic heterocycles. The number of carbonyl (C=O) groups excluding carboxylic acids is 2. The number of likely N-dealkylation sites (N-methyl/N-ethyl adjacent to an activating group) is 1. The van der Waals surface area contributed by atoms with Crippen molar-refractivity contribution < 1.29 is 14.3 Å². The van der Waals surface area contributed by atoms with Crippen molar-refractivity contribution in [3.63, 3.8) is 0 Å². The number of likely N-dealkylation sites (tertiary alicyclic amines) is 1. The summed E-state index contributed by atoms with van der Waals surface area (Å²) in [4.78, 5) is 31.3. The second-order valence-corrected chi connectivity index (χ2v) is 7.78. The maximum Gasteiger partial charge on any atom is 0.236 e. The number of carbonyl (C=O) groups is 2. The molecule has 2 amide bonds. The fraction of sp³-hybridized carbons (Fsp3) is 0.895. The zero-order valence-electron chi connectivity index (χ0n) is 15.6. The lowest BCUT2D eigenvalue weighted by Gasteiger charge is -2.37. The van der Waals surface area contributed by atoms with Crippen molar-refractivity contribution in [1.29, 1.82) is 0 Å². The Morgan fingerprint density at radius 2 is 1.60 bits per heavy atom. The molecule has 0 unspecified atom stereocenters. The van der Waals surface area contributed by atoms with Gasteiger partial charge < -0.3 is 14.5 Å². The first-order valence-electron chi connectivity index (χ1n) is 9.99. The molecule has 0 bridgehead atoms. The molecular weight excluding hydrogens is 318 g/mol. The highest BCUT2D eigenvalue weighted by molar-refractivity contribution is 5.79. The standard InChI is InChI=1S/C19H33N3O3/c1-20(17-5-3-2-4-6-17)18(23)15-21-9-7-16(8-10-21)19(24)22-11-13-25-14-12-22/h16-17H,2-15H2,1H3. The van der Waals surface area contributed by atoms with Crippen molar-refractivity contribution in [2.45, 2.75) is 51.0 Å². The lowest BCUT2D eigenvalue weighted by molar-refractivity contribution is -0.141. The van der Waals surface area contributed by atoms with Crippen molar-refractivity contribution in [3.05, 3.63) is 0 Å². The average Bonchev–Trinajstić information content (AvgIpc) is 2.68. The van der Waals surface area contributed by atoms with E-state index in [9.17, 15) is 9.59 Å². The molecule has 0 aromatic carbocycles. The molecule has 0 aromatic rings. The molecule has 0 radical (unpaired) electrons. The van der Waals surface area contributed by atoms with Crippen LogP contribution in [0.1, 0.15) is 44.9 Å². The predicted molar refractivity (Wildman–Crippen MR) is 96.2 cm³/mol. The third kappa shape index (κ3) is 4.94. The van der Waals surface area contributed by atoms with E-state index in [1.807, 2.05) is 16.8 Å². The van der Waals surface area contributed by atoms with Crippen molar-refractivity contribution >= 4 is 11.8 Å². The van der Waals surface area contributed by atoms with Gasteiger partial charge in [0, 0.05) is 32.1 Å². The van der Waals surface area contributed by atoms with Crippen LogP contribution in [-0.2, 0) is 14.3 Å².